The van der Waals surface area contributed by atoms with Gasteiger partial charge in [-0.15, -0.1) is 0 Å². The second-order valence-corrected chi connectivity index (χ2v) is 3.34. The Hall–Kier alpha value is -1.79. The van der Waals surface area contributed by atoms with Crippen LogP contribution >= 0.6 is 0 Å². The fourth-order valence-corrected chi connectivity index (χ4v) is 1.29. The molecule has 0 aliphatic rings. The first kappa shape index (κ1) is 14.3. The number of nitrogens with one attached hydrogen (secondary N) is 1. The first-order valence-corrected chi connectivity index (χ1v) is 5.36. The average molecular weight is 255 g/mol. The Morgan fingerprint density at radius 3 is 2.56 bits per heavy atom. The van der Waals surface area contributed by atoms with Crippen molar-refractivity contribution >= 4 is 5.91 Å². The number of carbonyl (C=O) groups is 1. The van der Waals surface area contributed by atoms with Gasteiger partial charge in [0.25, 0.3) is 5.91 Å². The molecule has 1 amide bonds. The van der Waals surface area contributed by atoms with Gasteiger partial charge in [-0.2, -0.15) is 0 Å². The molecule has 1 N–H and O–H groups in total. The zero-order valence-electron chi connectivity index (χ0n) is 10.7. The summed E-state index contributed by atoms with van der Waals surface area (Å²) in [5.74, 6) is 0.614. The summed E-state index contributed by atoms with van der Waals surface area (Å²) in [7, 11) is 4.57. The van der Waals surface area contributed by atoms with Crippen molar-refractivity contribution in [2.45, 2.75) is 0 Å². The normalized spacial score (nSPS) is 9.94. The Balaban J connectivity index is 2.70. The van der Waals surface area contributed by atoms with Crippen LogP contribution in [0.4, 0.5) is 0 Å². The summed E-state index contributed by atoms with van der Waals surface area (Å²) < 4.78 is 14.9. The minimum absolute atomic E-state index is 0.272. The monoisotopic (exact) mass is 255 g/mol. The lowest BCUT2D eigenvalue weighted by molar-refractivity contribution is 0.00872. The third-order valence-electron chi connectivity index (χ3n) is 2.21. The van der Waals surface area contributed by atoms with Crippen molar-refractivity contribution in [1.82, 2.24) is 5.48 Å². The molecule has 0 aliphatic carbocycles. The van der Waals surface area contributed by atoms with Gasteiger partial charge in [-0.25, -0.2) is 5.48 Å². The fourth-order valence-electron chi connectivity index (χ4n) is 1.29. The predicted molar refractivity (Wildman–Crippen MR) is 64.8 cm³/mol. The summed E-state index contributed by atoms with van der Waals surface area (Å²) in [4.78, 5) is 16.8. The number of carbonyl (C=O) groups excluding carboxylic acids is 1. The van der Waals surface area contributed by atoms with Gasteiger partial charge in [0.1, 0.15) is 11.5 Å². The second-order valence-electron chi connectivity index (χ2n) is 3.34. The number of methoxy groups -OCH3 is 3. The lowest BCUT2D eigenvalue weighted by Gasteiger charge is -2.10. The van der Waals surface area contributed by atoms with E-state index in [1.807, 2.05) is 0 Å². The Labute approximate surface area is 106 Å². The van der Waals surface area contributed by atoms with Crippen molar-refractivity contribution in [1.29, 1.82) is 0 Å². The van der Waals surface area contributed by atoms with E-state index < -0.39 is 5.91 Å². The molecule has 0 unspecified atom stereocenters. The number of hydrogen-bond acceptors (Lipinski definition) is 5. The molecule has 6 heteroatoms. The smallest absolute Gasteiger partial charge is 0.278 e. The Bertz CT molecular complexity index is 394. The lowest BCUT2D eigenvalue weighted by atomic mass is 10.2. The summed E-state index contributed by atoms with van der Waals surface area (Å²) >= 11 is 0. The van der Waals surface area contributed by atoms with Crippen LogP contribution in [0.2, 0.25) is 0 Å². The molecule has 0 aromatic heterocycles. The summed E-state index contributed by atoms with van der Waals surface area (Å²) in [5, 5.41) is 0. The molecular formula is C12H17NO5. The average Bonchev–Trinajstić information content (AvgIpc) is 2.42. The molecule has 0 spiro atoms. The van der Waals surface area contributed by atoms with Gasteiger partial charge in [0.05, 0.1) is 33.0 Å². The minimum atomic E-state index is -0.401. The van der Waals surface area contributed by atoms with Crippen LogP contribution in [-0.2, 0) is 9.57 Å². The molecule has 0 saturated carbocycles. The van der Waals surface area contributed by atoms with Crippen LogP contribution in [-0.4, -0.2) is 40.5 Å². The van der Waals surface area contributed by atoms with Crippen LogP contribution in [0.3, 0.4) is 0 Å². The van der Waals surface area contributed by atoms with Crippen molar-refractivity contribution in [3.63, 3.8) is 0 Å². The van der Waals surface area contributed by atoms with E-state index in [0.29, 0.717) is 23.7 Å². The lowest BCUT2D eigenvalue weighted by Crippen LogP contribution is -2.25. The molecule has 0 fully saturated rings. The number of hydroxylamine groups is 1. The molecule has 0 atom stereocenters. The number of hydrogen-bond donors (Lipinski definition) is 1. The number of ether oxygens (including phenoxy) is 3. The van der Waals surface area contributed by atoms with Gasteiger partial charge in [0.15, 0.2) is 0 Å². The van der Waals surface area contributed by atoms with Gasteiger partial charge >= 0.3 is 0 Å². The molecule has 1 aromatic carbocycles. The first-order chi connectivity index (χ1) is 8.72. The largest absolute Gasteiger partial charge is 0.497 e. The van der Waals surface area contributed by atoms with Gasteiger partial charge in [-0.1, -0.05) is 0 Å². The fraction of sp³-hybridized carbons (Fsp3) is 0.417. The van der Waals surface area contributed by atoms with Crippen LogP contribution in [0.15, 0.2) is 18.2 Å². The first-order valence-electron chi connectivity index (χ1n) is 5.36. The summed E-state index contributed by atoms with van der Waals surface area (Å²) in [6, 6.07) is 4.94. The summed E-state index contributed by atoms with van der Waals surface area (Å²) in [6.07, 6.45) is 0. The van der Waals surface area contributed by atoms with Crippen molar-refractivity contribution in [3.05, 3.63) is 23.8 Å². The van der Waals surface area contributed by atoms with Crippen LogP contribution in [0.25, 0.3) is 0 Å². The van der Waals surface area contributed by atoms with Crippen LogP contribution < -0.4 is 15.0 Å². The maximum Gasteiger partial charge on any atom is 0.278 e. The molecule has 0 saturated heterocycles. The minimum Gasteiger partial charge on any atom is -0.497 e. The van der Waals surface area contributed by atoms with Gasteiger partial charge in [-0.05, 0) is 18.2 Å². The van der Waals surface area contributed by atoms with Gasteiger partial charge < -0.3 is 14.2 Å². The highest BCUT2D eigenvalue weighted by Crippen LogP contribution is 2.23. The Kier molecular flexibility index (Phi) is 5.96. The third-order valence-corrected chi connectivity index (χ3v) is 2.21. The molecule has 1 aromatic rings. The van der Waals surface area contributed by atoms with Gasteiger partial charge in [-0.3, -0.25) is 9.63 Å². The maximum atomic E-state index is 11.8. The molecule has 6 nitrogen and oxygen atoms in total. The van der Waals surface area contributed by atoms with E-state index in [-0.39, 0.29) is 6.61 Å². The number of amides is 1. The highest BCUT2D eigenvalue weighted by atomic mass is 16.7. The van der Waals surface area contributed by atoms with E-state index in [1.54, 1.807) is 25.3 Å². The van der Waals surface area contributed by atoms with Crippen molar-refractivity contribution in [2.24, 2.45) is 0 Å². The molecule has 0 heterocycles. The molecule has 0 aliphatic heterocycles. The third kappa shape index (κ3) is 3.90. The highest BCUT2D eigenvalue weighted by Gasteiger charge is 2.13. The SMILES string of the molecule is COCCONC(=O)c1cc(OC)ccc1OC. The van der Waals surface area contributed by atoms with Crippen molar-refractivity contribution in [2.75, 3.05) is 34.5 Å². The zero-order valence-corrected chi connectivity index (χ0v) is 10.7. The molecule has 1 rings (SSSR count). The molecule has 18 heavy (non-hydrogen) atoms. The molecule has 0 radical (unpaired) electrons. The van der Waals surface area contributed by atoms with E-state index in [2.05, 4.69) is 5.48 Å². The van der Waals surface area contributed by atoms with Crippen molar-refractivity contribution < 1.29 is 23.8 Å². The van der Waals surface area contributed by atoms with E-state index in [9.17, 15) is 4.79 Å². The number of benzene rings is 1. The molecule has 0 bridgehead atoms. The topological polar surface area (TPSA) is 66.0 Å². The van der Waals surface area contributed by atoms with E-state index >= 15 is 0 Å². The van der Waals surface area contributed by atoms with Crippen LogP contribution in [0.5, 0.6) is 11.5 Å². The van der Waals surface area contributed by atoms with Gasteiger partial charge in [0.2, 0.25) is 0 Å². The highest BCUT2D eigenvalue weighted by molar-refractivity contribution is 5.96. The predicted octanol–water partition coefficient (Wildman–Crippen LogP) is 1.01. The molecular weight excluding hydrogens is 238 g/mol. The summed E-state index contributed by atoms with van der Waals surface area (Å²) in [6.45, 7) is 0.671. The van der Waals surface area contributed by atoms with E-state index in [1.165, 1.54) is 14.2 Å². The standard InChI is InChI=1S/C12H17NO5/c1-15-6-7-18-13-12(14)10-8-9(16-2)4-5-11(10)17-3/h4-5,8H,6-7H2,1-3H3,(H,13,14). The Morgan fingerprint density at radius 1 is 1.17 bits per heavy atom. The number of rotatable bonds is 7. The van der Waals surface area contributed by atoms with Crippen LogP contribution in [0.1, 0.15) is 10.4 Å². The molecule has 100 valence electrons. The second kappa shape index (κ2) is 7.52. The van der Waals surface area contributed by atoms with Gasteiger partial charge in [0, 0.05) is 7.11 Å². The Morgan fingerprint density at radius 2 is 1.94 bits per heavy atom. The van der Waals surface area contributed by atoms with E-state index in [0.717, 1.165) is 0 Å². The zero-order chi connectivity index (χ0) is 13.4. The van der Waals surface area contributed by atoms with E-state index in [4.69, 9.17) is 19.0 Å². The van der Waals surface area contributed by atoms with Crippen LogP contribution in [0, 0.1) is 0 Å². The quantitative estimate of drug-likeness (QED) is 0.582. The van der Waals surface area contributed by atoms with Crippen molar-refractivity contribution in [3.8, 4) is 11.5 Å². The summed E-state index contributed by atoms with van der Waals surface area (Å²) in [5.41, 5.74) is 2.65. The maximum absolute atomic E-state index is 11.8.